The summed E-state index contributed by atoms with van der Waals surface area (Å²) in [4.78, 5) is 20.2. The second kappa shape index (κ2) is 7.45. The number of rotatable bonds is 4. The van der Waals surface area contributed by atoms with Crippen LogP contribution in [0.15, 0.2) is 41.9 Å². The first kappa shape index (κ1) is 17.1. The van der Waals surface area contributed by atoms with Crippen molar-refractivity contribution in [2.75, 3.05) is 6.54 Å². The molecular formula is C18H23ClN4O. The summed E-state index contributed by atoms with van der Waals surface area (Å²) in [5.74, 6) is 0.230. The number of aromatic nitrogens is 2. The van der Waals surface area contributed by atoms with Gasteiger partial charge in [-0.2, -0.15) is 0 Å². The first-order valence-electron chi connectivity index (χ1n) is 8.43. The molecule has 128 valence electrons. The molecule has 1 amide bonds. The van der Waals surface area contributed by atoms with Gasteiger partial charge in [-0.05, 0) is 56.1 Å². The molecule has 2 aliphatic rings. The van der Waals surface area contributed by atoms with E-state index in [9.17, 15) is 4.79 Å². The van der Waals surface area contributed by atoms with Crippen molar-refractivity contribution < 1.29 is 4.79 Å². The van der Waals surface area contributed by atoms with E-state index in [-0.39, 0.29) is 17.4 Å². The molecule has 0 saturated heterocycles. The molecule has 5 nitrogen and oxygen atoms in total. The van der Waals surface area contributed by atoms with Gasteiger partial charge in [0.05, 0.1) is 6.20 Å². The Morgan fingerprint density at radius 3 is 2.79 bits per heavy atom. The molecule has 24 heavy (non-hydrogen) atoms. The molecule has 0 radical (unpaired) electrons. The smallest absolute Gasteiger partial charge is 0.271 e. The van der Waals surface area contributed by atoms with Crippen LogP contribution in [0.25, 0.3) is 0 Å². The minimum Gasteiger partial charge on any atom is -0.348 e. The lowest BCUT2D eigenvalue weighted by Crippen LogP contribution is -2.46. The monoisotopic (exact) mass is 346 g/mol. The molecular weight excluding hydrogens is 324 g/mol. The van der Waals surface area contributed by atoms with Gasteiger partial charge in [0.2, 0.25) is 0 Å². The lowest BCUT2D eigenvalue weighted by Gasteiger charge is -2.44. The summed E-state index contributed by atoms with van der Waals surface area (Å²) in [5, 5.41) is 3.97. The number of amides is 1. The molecule has 1 aromatic rings. The maximum absolute atomic E-state index is 12.2. The highest BCUT2D eigenvalue weighted by Crippen LogP contribution is 2.46. The number of halogens is 1. The summed E-state index contributed by atoms with van der Waals surface area (Å²) in [5.41, 5.74) is 6.59. The molecule has 1 atom stereocenters. The van der Waals surface area contributed by atoms with Gasteiger partial charge in [0.1, 0.15) is 5.69 Å². The molecule has 3 N–H and O–H groups in total. The van der Waals surface area contributed by atoms with Gasteiger partial charge in [0.15, 0.2) is 0 Å². The van der Waals surface area contributed by atoms with Crippen molar-refractivity contribution in [3.05, 3.63) is 47.5 Å². The lowest BCUT2D eigenvalue weighted by molar-refractivity contribution is 0.0848. The summed E-state index contributed by atoms with van der Waals surface area (Å²) >= 11 is 6.21. The number of nitrogens with zero attached hydrogens (tertiary/aromatic N) is 2. The van der Waals surface area contributed by atoms with E-state index in [0.29, 0.717) is 18.2 Å². The van der Waals surface area contributed by atoms with E-state index >= 15 is 0 Å². The van der Waals surface area contributed by atoms with Crippen LogP contribution in [-0.4, -0.2) is 28.5 Å². The summed E-state index contributed by atoms with van der Waals surface area (Å²) in [6, 6.07) is 0.165. The predicted octanol–water partition coefficient (Wildman–Crippen LogP) is 2.79. The SMILES string of the molecule is NCC1(C2C=CC=C(Cl)C2)CCC(NC(=O)c2cnccn2)CC1. The van der Waals surface area contributed by atoms with E-state index in [1.165, 1.54) is 12.4 Å². The van der Waals surface area contributed by atoms with Gasteiger partial charge >= 0.3 is 0 Å². The topological polar surface area (TPSA) is 80.9 Å². The summed E-state index contributed by atoms with van der Waals surface area (Å²) in [6.07, 6.45) is 15.5. The van der Waals surface area contributed by atoms with Crippen molar-refractivity contribution in [1.29, 1.82) is 0 Å². The molecule has 2 aliphatic carbocycles. The Bertz CT molecular complexity index is 636. The number of hydrogen-bond donors (Lipinski definition) is 2. The van der Waals surface area contributed by atoms with Crippen molar-refractivity contribution in [1.82, 2.24) is 15.3 Å². The third-order valence-electron chi connectivity index (χ3n) is 5.34. The fraction of sp³-hybridized carbons (Fsp3) is 0.500. The van der Waals surface area contributed by atoms with Crippen molar-refractivity contribution in [3.8, 4) is 0 Å². The predicted molar refractivity (Wildman–Crippen MR) is 94.4 cm³/mol. The van der Waals surface area contributed by atoms with Crippen LogP contribution in [0.2, 0.25) is 0 Å². The number of carbonyl (C=O) groups is 1. The molecule has 1 unspecified atom stereocenters. The zero-order valence-corrected chi connectivity index (χ0v) is 14.4. The Morgan fingerprint density at radius 1 is 1.38 bits per heavy atom. The third kappa shape index (κ3) is 3.68. The minimum absolute atomic E-state index is 0.0820. The quantitative estimate of drug-likeness (QED) is 0.878. The Labute approximate surface area is 147 Å². The maximum atomic E-state index is 12.2. The van der Waals surface area contributed by atoms with Crippen LogP contribution in [0.1, 0.15) is 42.6 Å². The fourth-order valence-corrected chi connectivity index (χ4v) is 4.04. The van der Waals surface area contributed by atoms with Gasteiger partial charge in [-0.3, -0.25) is 9.78 Å². The zero-order chi connectivity index (χ0) is 17.0. The first-order chi connectivity index (χ1) is 11.6. The highest BCUT2D eigenvalue weighted by molar-refractivity contribution is 6.29. The zero-order valence-electron chi connectivity index (χ0n) is 13.6. The Balaban J connectivity index is 1.59. The minimum atomic E-state index is -0.156. The molecule has 3 rings (SSSR count). The number of carbonyl (C=O) groups excluding carboxylic acids is 1. The average Bonchev–Trinajstić information content (AvgIpc) is 2.63. The van der Waals surface area contributed by atoms with E-state index in [2.05, 4.69) is 21.4 Å². The van der Waals surface area contributed by atoms with E-state index < -0.39 is 0 Å². The number of nitrogens with two attached hydrogens (primary N) is 1. The molecule has 1 heterocycles. The average molecular weight is 347 g/mol. The van der Waals surface area contributed by atoms with Gasteiger partial charge in [-0.15, -0.1) is 0 Å². The van der Waals surface area contributed by atoms with Gasteiger partial charge in [0, 0.05) is 23.5 Å². The lowest BCUT2D eigenvalue weighted by atomic mass is 9.63. The van der Waals surface area contributed by atoms with Gasteiger partial charge in [-0.1, -0.05) is 23.8 Å². The van der Waals surface area contributed by atoms with Crippen LogP contribution in [-0.2, 0) is 0 Å². The largest absolute Gasteiger partial charge is 0.348 e. The Hall–Kier alpha value is -1.72. The fourth-order valence-electron chi connectivity index (χ4n) is 3.80. The van der Waals surface area contributed by atoms with Gasteiger partial charge in [0.25, 0.3) is 5.91 Å². The highest BCUT2D eigenvalue weighted by Gasteiger charge is 2.40. The third-order valence-corrected chi connectivity index (χ3v) is 5.62. The Morgan fingerprint density at radius 2 is 2.17 bits per heavy atom. The van der Waals surface area contributed by atoms with Crippen molar-refractivity contribution in [2.24, 2.45) is 17.1 Å². The van der Waals surface area contributed by atoms with Crippen LogP contribution in [0, 0.1) is 11.3 Å². The van der Waals surface area contributed by atoms with Gasteiger partial charge in [-0.25, -0.2) is 4.98 Å². The van der Waals surface area contributed by atoms with Crippen LogP contribution >= 0.6 is 11.6 Å². The summed E-state index contributed by atoms with van der Waals surface area (Å²) < 4.78 is 0. The molecule has 0 spiro atoms. The van der Waals surface area contributed by atoms with E-state index in [1.807, 2.05) is 12.2 Å². The van der Waals surface area contributed by atoms with Crippen LogP contribution in [0.4, 0.5) is 0 Å². The van der Waals surface area contributed by atoms with Crippen molar-refractivity contribution >= 4 is 17.5 Å². The Kier molecular flexibility index (Phi) is 5.31. The number of nitrogens with one attached hydrogen (secondary N) is 1. The summed E-state index contributed by atoms with van der Waals surface area (Å²) in [6.45, 7) is 0.650. The molecule has 1 saturated carbocycles. The van der Waals surface area contributed by atoms with E-state index in [0.717, 1.165) is 37.1 Å². The molecule has 0 bridgehead atoms. The second-order valence-electron chi connectivity index (χ2n) is 6.71. The summed E-state index contributed by atoms with van der Waals surface area (Å²) in [7, 11) is 0. The molecule has 1 fully saturated rings. The van der Waals surface area contributed by atoms with E-state index in [1.54, 1.807) is 6.20 Å². The molecule has 0 aromatic carbocycles. The van der Waals surface area contributed by atoms with Crippen molar-refractivity contribution in [2.45, 2.75) is 38.1 Å². The van der Waals surface area contributed by atoms with E-state index in [4.69, 9.17) is 17.3 Å². The normalized spacial score (nSPS) is 29.8. The second-order valence-corrected chi connectivity index (χ2v) is 7.20. The van der Waals surface area contributed by atoms with Crippen LogP contribution < -0.4 is 11.1 Å². The highest BCUT2D eigenvalue weighted by atomic mass is 35.5. The standard InChI is InChI=1S/C18H23ClN4O/c19-14-3-1-2-13(10-14)18(12-20)6-4-15(5-7-18)23-17(24)16-11-21-8-9-22-16/h1-3,8-9,11,13,15H,4-7,10,12,20H2,(H,23,24). The number of allylic oxidation sites excluding steroid dienone is 4. The molecule has 0 aliphatic heterocycles. The van der Waals surface area contributed by atoms with Crippen LogP contribution in [0.5, 0.6) is 0 Å². The van der Waals surface area contributed by atoms with Gasteiger partial charge < -0.3 is 11.1 Å². The van der Waals surface area contributed by atoms with Crippen LogP contribution in [0.3, 0.4) is 0 Å². The maximum Gasteiger partial charge on any atom is 0.271 e. The number of hydrogen-bond acceptors (Lipinski definition) is 4. The van der Waals surface area contributed by atoms with Crippen molar-refractivity contribution in [3.63, 3.8) is 0 Å². The molecule has 1 aromatic heterocycles. The first-order valence-corrected chi connectivity index (χ1v) is 8.80. The molecule has 6 heteroatoms.